The Morgan fingerprint density at radius 2 is 1.83 bits per heavy atom. The molecule has 1 heterocycles. The van der Waals surface area contributed by atoms with Crippen LogP contribution in [-0.4, -0.2) is 23.1 Å². The van der Waals surface area contributed by atoms with Crippen molar-refractivity contribution in [2.45, 2.75) is 26.4 Å². The van der Waals surface area contributed by atoms with E-state index in [1.54, 1.807) is 4.90 Å². The zero-order valence-corrected chi connectivity index (χ0v) is 15.4. The van der Waals surface area contributed by atoms with Gasteiger partial charge in [0, 0.05) is 22.0 Å². The Morgan fingerprint density at radius 1 is 1.17 bits per heavy atom. The van der Waals surface area contributed by atoms with Crippen LogP contribution >= 0.6 is 22.6 Å². The van der Waals surface area contributed by atoms with Crippen molar-refractivity contribution in [1.82, 2.24) is 9.97 Å². The summed E-state index contributed by atoms with van der Waals surface area (Å²) in [4.78, 5) is 9.65. The lowest BCUT2D eigenvalue weighted by atomic mass is 10.3. The van der Waals surface area contributed by atoms with Crippen molar-refractivity contribution >= 4 is 34.2 Å². The van der Waals surface area contributed by atoms with Gasteiger partial charge in [-0.1, -0.05) is 6.92 Å². The van der Waals surface area contributed by atoms with Crippen LogP contribution in [-0.2, 0) is 6.18 Å². The molecule has 8 heteroatoms. The molecule has 0 aliphatic rings. The summed E-state index contributed by atoms with van der Waals surface area (Å²) in [7, 11) is 0. The number of halogens is 4. The Morgan fingerprint density at radius 3 is 2.38 bits per heavy atom. The van der Waals surface area contributed by atoms with Gasteiger partial charge in [0.05, 0.1) is 6.61 Å². The van der Waals surface area contributed by atoms with E-state index in [1.165, 1.54) is 0 Å². The van der Waals surface area contributed by atoms with Gasteiger partial charge in [0.15, 0.2) is 0 Å². The van der Waals surface area contributed by atoms with Crippen molar-refractivity contribution < 1.29 is 17.9 Å². The Labute approximate surface area is 152 Å². The fraction of sp³-hybridized carbons (Fsp3) is 0.375. The van der Waals surface area contributed by atoms with Crippen LogP contribution in [0.1, 0.15) is 25.8 Å². The molecule has 0 fully saturated rings. The van der Waals surface area contributed by atoms with Crippen LogP contribution in [0.5, 0.6) is 5.88 Å². The summed E-state index contributed by atoms with van der Waals surface area (Å²) in [6.07, 6.45) is -3.19. The molecule has 0 saturated heterocycles. The SMILES string of the molecule is CCCOc1nc(N(CC)c2ccc(I)cc2)ncc1C(F)(F)F. The van der Waals surface area contributed by atoms with Crippen molar-refractivity contribution in [3.05, 3.63) is 39.6 Å². The van der Waals surface area contributed by atoms with Crippen LogP contribution in [0.3, 0.4) is 0 Å². The molecule has 0 bridgehead atoms. The minimum Gasteiger partial charge on any atom is -0.477 e. The van der Waals surface area contributed by atoms with E-state index in [0.717, 1.165) is 15.5 Å². The first-order valence-corrected chi connectivity index (χ1v) is 8.54. The molecule has 0 saturated carbocycles. The molecule has 130 valence electrons. The Kier molecular flexibility index (Phi) is 6.25. The normalized spacial score (nSPS) is 11.4. The van der Waals surface area contributed by atoms with Crippen LogP contribution in [0.2, 0.25) is 0 Å². The lowest BCUT2D eigenvalue weighted by molar-refractivity contribution is -0.139. The van der Waals surface area contributed by atoms with Gasteiger partial charge in [-0.05, 0) is 60.2 Å². The molecule has 4 nitrogen and oxygen atoms in total. The number of hydrogen-bond acceptors (Lipinski definition) is 4. The first kappa shape index (κ1) is 18.8. The highest BCUT2D eigenvalue weighted by molar-refractivity contribution is 14.1. The van der Waals surface area contributed by atoms with Gasteiger partial charge in [0.1, 0.15) is 5.56 Å². The van der Waals surface area contributed by atoms with E-state index < -0.39 is 17.6 Å². The van der Waals surface area contributed by atoms with Gasteiger partial charge in [-0.15, -0.1) is 0 Å². The molecule has 0 radical (unpaired) electrons. The minimum absolute atomic E-state index is 0.162. The minimum atomic E-state index is -4.55. The summed E-state index contributed by atoms with van der Waals surface area (Å²) in [5, 5.41) is 0. The number of benzene rings is 1. The lowest BCUT2D eigenvalue weighted by Crippen LogP contribution is -2.21. The van der Waals surface area contributed by atoms with E-state index in [-0.39, 0.29) is 12.6 Å². The number of nitrogens with zero attached hydrogens (tertiary/aromatic N) is 3. The van der Waals surface area contributed by atoms with Crippen LogP contribution in [0.4, 0.5) is 24.8 Å². The maximum atomic E-state index is 13.1. The van der Waals surface area contributed by atoms with Crippen LogP contribution in [0.25, 0.3) is 0 Å². The van der Waals surface area contributed by atoms with Gasteiger partial charge in [-0.2, -0.15) is 18.2 Å². The maximum absolute atomic E-state index is 13.1. The number of anilines is 2. The van der Waals surface area contributed by atoms with Gasteiger partial charge >= 0.3 is 6.18 Å². The number of alkyl halides is 3. The fourth-order valence-corrected chi connectivity index (χ4v) is 2.41. The van der Waals surface area contributed by atoms with Gasteiger partial charge in [0.2, 0.25) is 11.8 Å². The summed E-state index contributed by atoms with van der Waals surface area (Å²) in [5.74, 6) is -0.254. The third-order valence-electron chi connectivity index (χ3n) is 3.19. The van der Waals surface area contributed by atoms with E-state index in [4.69, 9.17) is 4.74 Å². The monoisotopic (exact) mass is 451 g/mol. The quantitative estimate of drug-likeness (QED) is 0.577. The smallest absolute Gasteiger partial charge is 0.423 e. The topological polar surface area (TPSA) is 38.2 Å². The second-order valence-electron chi connectivity index (χ2n) is 4.96. The largest absolute Gasteiger partial charge is 0.477 e. The third-order valence-corrected chi connectivity index (χ3v) is 3.90. The summed E-state index contributed by atoms with van der Waals surface area (Å²) in [6, 6.07) is 7.58. The van der Waals surface area contributed by atoms with E-state index in [2.05, 4.69) is 32.6 Å². The highest BCUT2D eigenvalue weighted by atomic mass is 127. The number of aromatic nitrogens is 2. The van der Waals surface area contributed by atoms with Crippen LogP contribution in [0, 0.1) is 3.57 Å². The number of hydrogen-bond donors (Lipinski definition) is 0. The van der Waals surface area contributed by atoms with Crippen LogP contribution in [0.15, 0.2) is 30.5 Å². The first-order valence-electron chi connectivity index (χ1n) is 7.47. The summed E-state index contributed by atoms with van der Waals surface area (Å²) < 4.78 is 45.5. The second-order valence-corrected chi connectivity index (χ2v) is 6.20. The number of ether oxygens (including phenoxy) is 1. The summed E-state index contributed by atoms with van der Waals surface area (Å²) in [5.41, 5.74) is -0.155. The van der Waals surface area contributed by atoms with Gasteiger partial charge in [-0.3, -0.25) is 0 Å². The third kappa shape index (κ3) is 4.49. The molecule has 0 amide bonds. The molecule has 1 aromatic carbocycles. The molecule has 2 aromatic rings. The van der Waals surface area contributed by atoms with E-state index in [0.29, 0.717) is 13.0 Å². The van der Waals surface area contributed by atoms with Gasteiger partial charge in [0.25, 0.3) is 0 Å². The predicted octanol–water partition coefficient (Wildman–Crippen LogP) is 5.05. The van der Waals surface area contributed by atoms with E-state index in [9.17, 15) is 13.2 Å². The molecular formula is C16H17F3IN3O. The lowest BCUT2D eigenvalue weighted by Gasteiger charge is -2.22. The molecular weight excluding hydrogens is 434 g/mol. The average Bonchev–Trinajstić information content (AvgIpc) is 2.54. The van der Waals surface area contributed by atoms with Crippen molar-refractivity contribution in [2.24, 2.45) is 0 Å². The molecule has 0 unspecified atom stereocenters. The molecule has 0 atom stereocenters. The average molecular weight is 451 g/mol. The van der Waals surface area contributed by atoms with Crippen molar-refractivity contribution in [2.75, 3.05) is 18.1 Å². The zero-order chi connectivity index (χ0) is 17.7. The molecule has 0 aliphatic heterocycles. The highest BCUT2D eigenvalue weighted by Crippen LogP contribution is 2.36. The molecule has 1 aromatic heterocycles. The predicted molar refractivity (Wildman–Crippen MR) is 94.7 cm³/mol. The second kappa shape index (κ2) is 8.00. The number of rotatable bonds is 6. The Balaban J connectivity index is 2.43. The van der Waals surface area contributed by atoms with E-state index >= 15 is 0 Å². The zero-order valence-electron chi connectivity index (χ0n) is 13.3. The first-order chi connectivity index (χ1) is 11.4. The summed E-state index contributed by atoms with van der Waals surface area (Å²) >= 11 is 2.19. The standard InChI is InChI=1S/C16H17F3IN3O/c1-3-9-24-14-13(16(17,18)19)10-21-15(22-14)23(4-2)12-7-5-11(20)6-8-12/h5-8,10H,3-4,9H2,1-2H3. The highest BCUT2D eigenvalue weighted by Gasteiger charge is 2.36. The molecule has 0 N–H and O–H groups in total. The molecule has 0 aliphatic carbocycles. The fourth-order valence-electron chi connectivity index (χ4n) is 2.05. The maximum Gasteiger partial charge on any atom is 0.423 e. The van der Waals surface area contributed by atoms with Crippen molar-refractivity contribution in [3.63, 3.8) is 0 Å². The Hall–Kier alpha value is -1.58. The molecule has 2 rings (SSSR count). The van der Waals surface area contributed by atoms with Crippen LogP contribution < -0.4 is 9.64 Å². The summed E-state index contributed by atoms with van der Waals surface area (Å²) in [6.45, 7) is 4.37. The molecule has 24 heavy (non-hydrogen) atoms. The van der Waals surface area contributed by atoms with E-state index in [1.807, 2.05) is 38.1 Å². The Bertz CT molecular complexity index is 677. The van der Waals surface area contributed by atoms with Crippen molar-refractivity contribution in [3.8, 4) is 5.88 Å². The van der Waals surface area contributed by atoms with Gasteiger partial charge in [-0.25, -0.2) is 4.98 Å². The molecule has 0 spiro atoms. The van der Waals surface area contributed by atoms with Crippen molar-refractivity contribution in [1.29, 1.82) is 0 Å². The van der Waals surface area contributed by atoms with Gasteiger partial charge < -0.3 is 9.64 Å².